The number of halogens is 1. The minimum Gasteiger partial charge on any atom is -0.378 e. The van der Waals surface area contributed by atoms with Crippen molar-refractivity contribution in [1.82, 2.24) is 15.1 Å². The number of nitrogens with zero attached hydrogens (tertiary/aromatic N) is 2. The predicted molar refractivity (Wildman–Crippen MR) is 82.2 cm³/mol. The molecule has 114 valence electrons. The highest BCUT2D eigenvalue weighted by Crippen LogP contribution is 2.43. The van der Waals surface area contributed by atoms with Gasteiger partial charge < -0.3 is 10.1 Å². The van der Waals surface area contributed by atoms with Crippen molar-refractivity contribution >= 4 is 11.6 Å². The van der Waals surface area contributed by atoms with E-state index in [1.54, 1.807) is 6.20 Å². The van der Waals surface area contributed by atoms with Gasteiger partial charge in [0.25, 0.3) is 0 Å². The molecule has 0 radical (unpaired) electrons. The third-order valence-corrected chi connectivity index (χ3v) is 4.62. The van der Waals surface area contributed by atoms with Gasteiger partial charge in [-0.3, -0.25) is 4.68 Å². The zero-order valence-corrected chi connectivity index (χ0v) is 13.7. The van der Waals surface area contributed by atoms with Crippen molar-refractivity contribution in [2.75, 3.05) is 13.7 Å². The predicted octanol–water partition coefficient (Wildman–Crippen LogP) is 3.73. The van der Waals surface area contributed by atoms with Crippen LogP contribution in [-0.2, 0) is 4.74 Å². The molecule has 0 amide bonds. The topological polar surface area (TPSA) is 39.1 Å². The Labute approximate surface area is 126 Å². The molecule has 0 aliphatic heterocycles. The highest BCUT2D eigenvalue weighted by molar-refractivity contribution is 6.31. The molecule has 20 heavy (non-hydrogen) atoms. The molecule has 1 heterocycles. The highest BCUT2D eigenvalue weighted by atomic mass is 35.5. The largest absolute Gasteiger partial charge is 0.378 e. The summed E-state index contributed by atoms with van der Waals surface area (Å²) >= 11 is 6.39. The molecule has 1 fully saturated rings. The van der Waals surface area contributed by atoms with E-state index in [-0.39, 0.29) is 11.6 Å². The van der Waals surface area contributed by atoms with Crippen LogP contribution in [0.5, 0.6) is 0 Å². The van der Waals surface area contributed by atoms with Gasteiger partial charge in [-0.1, -0.05) is 18.5 Å². The Kier molecular flexibility index (Phi) is 5.10. The molecule has 1 N–H and O–H groups in total. The van der Waals surface area contributed by atoms with Crippen LogP contribution < -0.4 is 5.32 Å². The number of hydrogen-bond acceptors (Lipinski definition) is 3. The molecule has 4 nitrogen and oxygen atoms in total. The van der Waals surface area contributed by atoms with Gasteiger partial charge in [-0.05, 0) is 46.1 Å². The third-order valence-electron chi connectivity index (χ3n) is 4.33. The van der Waals surface area contributed by atoms with E-state index < -0.39 is 0 Å². The third kappa shape index (κ3) is 3.02. The summed E-state index contributed by atoms with van der Waals surface area (Å²) < 4.78 is 7.80. The molecule has 1 atom stereocenters. The molecular formula is C15H26ClN3O. The van der Waals surface area contributed by atoms with Crippen LogP contribution in [0.3, 0.4) is 0 Å². The molecule has 1 aromatic heterocycles. The van der Waals surface area contributed by atoms with Crippen molar-refractivity contribution in [2.45, 2.75) is 64.1 Å². The maximum atomic E-state index is 6.39. The molecule has 0 aromatic carbocycles. The lowest BCUT2D eigenvalue weighted by Gasteiger charge is -2.43. The van der Waals surface area contributed by atoms with E-state index in [1.807, 2.05) is 11.8 Å². The molecule has 1 aromatic rings. The number of aromatic nitrogens is 2. The van der Waals surface area contributed by atoms with Crippen LogP contribution in [0.1, 0.15) is 64.2 Å². The van der Waals surface area contributed by atoms with Crippen LogP contribution in [0.2, 0.25) is 5.02 Å². The number of ether oxygens (including phenoxy) is 1. The van der Waals surface area contributed by atoms with E-state index in [2.05, 4.69) is 31.2 Å². The van der Waals surface area contributed by atoms with Gasteiger partial charge in [0, 0.05) is 13.2 Å². The second kappa shape index (κ2) is 6.46. The lowest BCUT2D eigenvalue weighted by atomic mass is 9.75. The summed E-state index contributed by atoms with van der Waals surface area (Å²) in [6, 6.07) is 0.496. The average molecular weight is 300 g/mol. The van der Waals surface area contributed by atoms with Crippen LogP contribution in [0.4, 0.5) is 0 Å². The van der Waals surface area contributed by atoms with Gasteiger partial charge in [-0.25, -0.2) is 0 Å². The van der Waals surface area contributed by atoms with E-state index in [9.17, 15) is 0 Å². The number of hydrogen-bond donors (Lipinski definition) is 1. The summed E-state index contributed by atoms with van der Waals surface area (Å²) in [5.74, 6) is 0. The standard InChI is InChI=1S/C15H26ClN3O/c1-5-17-13(9-15(20-4)7-6-8-15)14-12(16)10-18-19(14)11(2)3/h10-11,13,17H,5-9H2,1-4H3. The van der Waals surface area contributed by atoms with Gasteiger partial charge >= 0.3 is 0 Å². The van der Waals surface area contributed by atoms with Crippen LogP contribution in [0.15, 0.2) is 6.20 Å². The number of rotatable bonds is 7. The summed E-state index contributed by atoms with van der Waals surface area (Å²) in [6.45, 7) is 7.29. The summed E-state index contributed by atoms with van der Waals surface area (Å²) in [6.07, 6.45) is 6.23. The molecule has 0 bridgehead atoms. The van der Waals surface area contributed by atoms with Crippen molar-refractivity contribution in [3.8, 4) is 0 Å². The quantitative estimate of drug-likeness (QED) is 0.834. The molecule has 1 aliphatic rings. The molecule has 0 spiro atoms. The van der Waals surface area contributed by atoms with E-state index >= 15 is 0 Å². The number of nitrogens with one attached hydrogen (secondary N) is 1. The fraction of sp³-hybridized carbons (Fsp3) is 0.800. The average Bonchev–Trinajstić information content (AvgIpc) is 2.74. The lowest BCUT2D eigenvalue weighted by Crippen LogP contribution is -2.43. The second-order valence-corrected chi connectivity index (χ2v) is 6.38. The first-order valence-electron chi connectivity index (χ1n) is 7.54. The monoisotopic (exact) mass is 299 g/mol. The zero-order valence-electron chi connectivity index (χ0n) is 12.9. The molecule has 2 rings (SSSR count). The Morgan fingerprint density at radius 2 is 2.20 bits per heavy atom. The molecule has 5 heteroatoms. The van der Waals surface area contributed by atoms with E-state index in [1.165, 1.54) is 6.42 Å². The van der Waals surface area contributed by atoms with Gasteiger partial charge in [0.2, 0.25) is 0 Å². The van der Waals surface area contributed by atoms with Crippen LogP contribution in [0, 0.1) is 0 Å². The lowest BCUT2D eigenvalue weighted by molar-refractivity contribution is -0.0842. The van der Waals surface area contributed by atoms with E-state index in [0.717, 1.165) is 36.5 Å². The smallest absolute Gasteiger partial charge is 0.0834 e. The minimum absolute atomic E-state index is 0.0161. The summed E-state index contributed by atoms with van der Waals surface area (Å²) in [7, 11) is 1.82. The summed E-state index contributed by atoms with van der Waals surface area (Å²) in [5.41, 5.74) is 1.11. The SMILES string of the molecule is CCNC(CC1(OC)CCC1)c1c(Cl)cnn1C(C)C. The second-order valence-electron chi connectivity index (χ2n) is 5.97. The van der Waals surface area contributed by atoms with E-state index in [4.69, 9.17) is 16.3 Å². The molecule has 1 unspecified atom stereocenters. The van der Waals surface area contributed by atoms with Crippen molar-refractivity contribution in [1.29, 1.82) is 0 Å². The molecule has 0 saturated heterocycles. The molecule has 1 aliphatic carbocycles. The maximum absolute atomic E-state index is 6.39. The van der Waals surface area contributed by atoms with Crippen LogP contribution in [0.25, 0.3) is 0 Å². The van der Waals surface area contributed by atoms with Gasteiger partial charge in [0.15, 0.2) is 0 Å². The van der Waals surface area contributed by atoms with Gasteiger partial charge in [-0.2, -0.15) is 5.10 Å². The Bertz CT molecular complexity index is 435. The normalized spacial score (nSPS) is 19.1. The van der Waals surface area contributed by atoms with E-state index in [0.29, 0.717) is 6.04 Å². The van der Waals surface area contributed by atoms with Gasteiger partial charge in [-0.15, -0.1) is 0 Å². The summed E-state index contributed by atoms with van der Waals surface area (Å²) in [5, 5.41) is 8.72. The minimum atomic E-state index is 0.0161. The maximum Gasteiger partial charge on any atom is 0.0834 e. The first-order valence-corrected chi connectivity index (χ1v) is 7.92. The van der Waals surface area contributed by atoms with Crippen molar-refractivity contribution in [3.05, 3.63) is 16.9 Å². The van der Waals surface area contributed by atoms with Gasteiger partial charge in [0.05, 0.1) is 28.6 Å². The summed E-state index contributed by atoms with van der Waals surface area (Å²) in [4.78, 5) is 0. The fourth-order valence-electron chi connectivity index (χ4n) is 3.03. The highest BCUT2D eigenvalue weighted by Gasteiger charge is 2.40. The Hall–Kier alpha value is -0.580. The van der Waals surface area contributed by atoms with Crippen molar-refractivity contribution < 1.29 is 4.74 Å². The van der Waals surface area contributed by atoms with Gasteiger partial charge in [0.1, 0.15) is 0 Å². The van der Waals surface area contributed by atoms with Crippen LogP contribution in [-0.4, -0.2) is 29.0 Å². The van der Waals surface area contributed by atoms with Crippen LogP contribution >= 0.6 is 11.6 Å². The first kappa shape index (κ1) is 15.8. The Morgan fingerprint density at radius 3 is 2.65 bits per heavy atom. The fourth-order valence-corrected chi connectivity index (χ4v) is 3.30. The first-order chi connectivity index (χ1) is 9.53. The Balaban J connectivity index is 2.26. The van der Waals surface area contributed by atoms with Crippen molar-refractivity contribution in [3.63, 3.8) is 0 Å². The molecule has 1 saturated carbocycles. The zero-order chi connectivity index (χ0) is 14.8. The Morgan fingerprint density at radius 1 is 1.50 bits per heavy atom. The molecular weight excluding hydrogens is 274 g/mol. The van der Waals surface area contributed by atoms with Crippen molar-refractivity contribution in [2.24, 2.45) is 0 Å². The number of methoxy groups -OCH3 is 1.